The number of carboxylic acid groups (broad SMARTS) is 1. The van der Waals surface area contributed by atoms with E-state index in [1.54, 1.807) is 19.2 Å². The van der Waals surface area contributed by atoms with Crippen molar-refractivity contribution < 1.29 is 14.7 Å². The van der Waals surface area contributed by atoms with Gasteiger partial charge in [0.1, 0.15) is 5.82 Å². The summed E-state index contributed by atoms with van der Waals surface area (Å²) in [5.41, 5.74) is 0.351. The number of nitrogens with zero attached hydrogens (tertiary/aromatic N) is 2. The van der Waals surface area contributed by atoms with Crippen LogP contribution in [0.1, 0.15) is 38.7 Å². The molecular formula is C14H22N4O3. The van der Waals surface area contributed by atoms with Crippen LogP contribution in [-0.4, -0.2) is 33.1 Å². The van der Waals surface area contributed by atoms with Crippen molar-refractivity contribution in [1.82, 2.24) is 20.6 Å². The SMILES string of the molecule is Cc1nccc(CNC(=O)NC(CC(=O)O)C(C)(C)C)n1. The van der Waals surface area contributed by atoms with Crippen molar-refractivity contribution in [3.63, 3.8) is 0 Å². The molecule has 0 aliphatic carbocycles. The van der Waals surface area contributed by atoms with Crippen LogP contribution in [0.5, 0.6) is 0 Å². The molecule has 1 atom stereocenters. The first kappa shape index (κ1) is 16.9. The normalized spacial score (nSPS) is 12.6. The Kier molecular flexibility index (Phi) is 5.63. The van der Waals surface area contributed by atoms with E-state index in [1.165, 1.54) is 0 Å². The highest BCUT2D eigenvalue weighted by Gasteiger charge is 2.28. The van der Waals surface area contributed by atoms with Crippen LogP contribution in [0.3, 0.4) is 0 Å². The molecule has 0 aromatic carbocycles. The maximum absolute atomic E-state index is 11.9. The molecule has 1 heterocycles. The molecule has 2 amide bonds. The lowest BCUT2D eigenvalue weighted by atomic mass is 9.85. The summed E-state index contributed by atoms with van der Waals surface area (Å²) >= 11 is 0. The van der Waals surface area contributed by atoms with Crippen LogP contribution in [0, 0.1) is 12.3 Å². The molecule has 1 aromatic rings. The molecular weight excluding hydrogens is 272 g/mol. The maximum Gasteiger partial charge on any atom is 0.315 e. The molecule has 21 heavy (non-hydrogen) atoms. The van der Waals surface area contributed by atoms with Gasteiger partial charge in [-0.25, -0.2) is 14.8 Å². The van der Waals surface area contributed by atoms with E-state index in [0.29, 0.717) is 11.5 Å². The van der Waals surface area contributed by atoms with E-state index in [-0.39, 0.29) is 18.4 Å². The number of carboxylic acids is 1. The third-order valence-corrected chi connectivity index (χ3v) is 2.99. The summed E-state index contributed by atoms with van der Waals surface area (Å²) in [5, 5.41) is 14.3. The zero-order chi connectivity index (χ0) is 16.0. The summed E-state index contributed by atoms with van der Waals surface area (Å²) in [6.07, 6.45) is 1.50. The summed E-state index contributed by atoms with van der Waals surface area (Å²) in [4.78, 5) is 30.9. The van der Waals surface area contributed by atoms with Crippen LogP contribution in [0.2, 0.25) is 0 Å². The Morgan fingerprint density at radius 1 is 1.38 bits per heavy atom. The minimum atomic E-state index is -0.943. The average molecular weight is 294 g/mol. The van der Waals surface area contributed by atoms with E-state index in [2.05, 4.69) is 20.6 Å². The van der Waals surface area contributed by atoms with Gasteiger partial charge in [-0.2, -0.15) is 0 Å². The summed E-state index contributed by atoms with van der Waals surface area (Å²) in [6, 6.07) is 0.848. The fourth-order valence-corrected chi connectivity index (χ4v) is 1.73. The average Bonchev–Trinajstić information content (AvgIpc) is 2.34. The molecule has 0 saturated carbocycles. The van der Waals surface area contributed by atoms with E-state index >= 15 is 0 Å². The predicted molar refractivity (Wildman–Crippen MR) is 77.6 cm³/mol. The fourth-order valence-electron chi connectivity index (χ4n) is 1.73. The number of amides is 2. The number of hydrogen-bond acceptors (Lipinski definition) is 4. The Labute approximate surface area is 124 Å². The van der Waals surface area contributed by atoms with Gasteiger partial charge < -0.3 is 15.7 Å². The first-order valence-corrected chi connectivity index (χ1v) is 6.73. The van der Waals surface area contributed by atoms with E-state index in [9.17, 15) is 9.59 Å². The van der Waals surface area contributed by atoms with Gasteiger partial charge in [0.2, 0.25) is 0 Å². The third kappa shape index (κ3) is 6.20. The molecule has 0 aliphatic rings. The fraction of sp³-hybridized carbons (Fsp3) is 0.571. The molecule has 1 rings (SSSR count). The van der Waals surface area contributed by atoms with Gasteiger partial charge in [-0.05, 0) is 18.4 Å². The summed E-state index contributed by atoms with van der Waals surface area (Å²) < 4.78 is 0. The van der Waals surface area contributed by atoms with Crippen molar-refractivity contribution in [2.24, 2.45) is 5.41 Å². The molecule has 7 heteroatoms. The van der Waals surface area contributed by atoms with Gasteiger partial charge in [0.05, 0.1) is 18.7 Å². The minimum Gasteiger partial charge on any atom is -0.481 e. The lowest BCUT2D eigenvalue weighted by Gasteiger charge is -2.30. The number of aromatic nitrogens is 2. The smallest absolute Gasteiger partial charge is 0.315 e. The number of carbonyl (C=O) groups excluding carboxylic acids is 1. The van der Waals surface area contributed by atoms with Gasteiger partial charge in [0.15, 0.2) is 0 Å². The highest BCUT2D eigenvalue weighted by molar-refractivity contribution is 5.75. The highest BCUT2D eigenvalue weighted by atomic mass is 16.4. The Morgan fingerprint density at radius 3 is 2.57 bits per heavy atom. The molecule has 3 N–H and O–H groups in total. The van der Waals surface area contributed by atoms with Crippen molar-refractivity contribution in [3.05, 3.63) is 23.8 Å². The van der Waals surface area contributed by atoms with Crippen LogP contribution in [0.15, 0.2) is 12.3 Å². The number of rotatable bonds is 5. The lowest BCUT2D eigenvalue weighted by molar-refractivity contribution is -0.138. The molecule has 0 aliphatic heterocycles. The van der Waals surface area contributed by atoms with Crippen LogP contribution >= 0.6 is 0 Å². The largest absolute Gasteiger partial charge is 0.481 e. The summed E-state index contributed by atoms with van der Waals surface area (Å²) in [5.74, 6) is -0.310. The predicted octanol–water partition coefficient (Wildman–Crippen LogP) is 1.47. The Hall–Kier alpha value is -2.18. The van der Waals surface area contributed by atoms with Crippen LogP contribution < -0.4 is 10.6 Å². The van der Waals surface area contributed by atoms with Gasteiger partial charge in [-0.3, -0.25) is 4.79 Å². The highest BCUT2D eigenvalue weighted by Crippen LogP contribution is 2.21. The first-order chi connectivity index (χ1) is 9.68. The quantitative estimate of drug-likeness (QED) is 0.763. The van der Waals surface area contributed by atoms with Crippen LogP contribution in [0.25, 0.3) is 0 Å². The molecule has 0 saturated heterocycles. The van der Waals surface area contributed by atoms with Crippen LogP contribution in [-0.2, 0) is 11.3 Å². The van der Waals surface area contributed by atoms with Gasteiger partial charge in [0.25, 0.3) is 0 Å². The Morgan fingerprint density at radius 2 is 2.05 bits per heavy atom. The van der Waals surface area contributed by atoms with E-state index < -0.39 is 18.0 Å². The van der Waals surface area contributed by atoms with E-state index in [4.69, 9.17) is 5.11 Å². The lowest BCUT2D eigenvalue weighted by Crippen LogP contribution is -2.48. The molecule has 0 bridgehead atoms. The van der Waals surface area contributed by atoms with Crippen LogP contribution in [0.4, 0.5) is 4.79 Å². The van der Waals surface area contributed by atoms with Gasteiger partial charge in [0, 0.05) is 12.2 Å². The number of aliphatic carboxylic acids is 1. The van der Waals surface area contributed by atoms with Crippen molar-refractivity contribution in [1.29, 1.82) is 0 Å². The monoisotopic (exact) mass is 294 g/mol. The first-order valence-electron chi connectivity index (χ1n) is 6.73. The standard InChI is InChI=1S/C14H22N4O3/c1-9-15-6-5-10(17-9)8-16-13(21)18-11(7-12(19)20)14(2,3)4/h5-6,11H,7-8H2,1-4H3,(H,19,20)(H2,16,18,21). The van der Waals surface area contributed by atoms with Crippen molar-refractivity contribution in [2.75, 3.05) is 0 Å². The Bertz CT molecular complexity index is 511. The van der Waals surface area contributed by atoms with Crippen molar-refractivity contribution in [3.8, 4) is 0 Å². The number of urea groups is 1. The van der Waals surface area contributed by atoms with E-state index in [0.717, 1.165) is 0 Å². The Balaban J connectivity index is 2.56. The second kappa shape index (κ2) is 7.01. The van der Waals surface area contributed by atoms with Crippen molar-refractivity contribution >= 4 is 12.0 Å². The van der Waals surface area contributed by atoms with Gasteiger partial charge in [-0.15, -0.1) is 0 Å². The third-order valence-electron chi connectivity index (χ3n) is 2.99. The molecule has 1 aromatic heterocycles. The minimum absolute atomic E-state index is 0.121. The maximum atomic E-state index is 11.9. The summed E-state index contributed by atoms with van der Waals surface area (Å²) in [7, 11) is 0. The second-order valence-corrected chi connectivity index (χ2v) is 5.94. The number of nitrogens with one attached hydrogen (secondary N) is 2. The molecule has 0 fully saturated rings. The zero-order valence-corrected chi connectivity index (χ0v) is 12.8. The molecule has 0 spiro atoms. The van der Waals surface area contributed by atoms with E-state index in [1.807, 2.05) is 20.8 Å². The molecule has 0 radical (unpaired) electrons. The second-order valence-electron chi connectivity index (χ2n) is 5.94. The molecule has 7 nitrogen and oxygen atoms in total. The molecule has 116 valence electrons. The molecule has 1 unspecified atom stereocenters. The zero-order valence-electron chi connectivity index (χ0n) is 12.8. The van der Waals surface area contributed by atoms with Gasteiger partial charge >= 0.3 is 12.0 Å². The van der Waals surface area contributed by atoms with Gasteiger partial charge in [-0.1, -0.05) is 20.8 Å². The van der Waals surface area contributed by atoms with Crippen molar-refractivity contribution in [2.45, 2.75) is 46.7 Å². The number of aryl methyl sites for hydroxylation is 1. The topological polar surface area (TPSA) is 104 Å². The summed E-state index contributed by atoms with van der Waals surface area (Å²) in [6.45, 7) is 7.68. The number of carbonyl (C=O) groups is 2. The number of hydrogen-bond donors (Lipinski definition) is 3.